The summed E-state index contributed by atoms with van der Waals surface area (Å²) in [6.07, 6.45) is 5.57. The Bertz CT molecular complexity index is 1180. The molecule has 1 aromatic carbocycles. The van der Waals surface area contributed by atoms with E-state index in [1.54, 1.807) is 33.1 Å². The highest BCUT2D eigenvalue weighted by Crippen LogP contribution is 2.38. The average molecular weight is 519 g/mol. The van der Waals surface area contributed by atoms with Crippen molar-refractivity contribution in [2.45, 2.75) is 89.0 Å². The van der Waals surface area contributed by atoms with E-state index < -0.39 is 15.6 Å². The molecule has 2 atom stereocenters. The number of nitrogens with zero attached hydrogens (tertiary/aromatic N) is 3. The number of hydrogen-bond acceptors (Lipinski definition) is 8. The molecule has 2 fully saturated rings. The minimum atomic E-state index is -3.72. The van der Waals surface area contributed by atoms with Crippen molar-refractivity contribution in [2.24, 2.45) is 5.41 Å². The zero-order chi connectivity index (χ0) is 26.1. The van der Waals surface area contributed by atoms with Crippen LogP contribution in [-0.2, 0) is 26.8 Å². The van der Waals surface area contributed by atoms with Crippen LogP contribution in [0.5, 0.6) is 5.75 Å². The van der Waals surface area contributed by atoms with Crippen LogP contribution in [0.2, 0.25) is 0 Å². The summed E-state index contributed by atoms with van der Waals surface area (Å²) >= 11 is 0. The van der Waals surface area contributed by atoms with Gasteiger partial charge in [0.2, 0.25) is 17.7 Å². The standard InChI is InChI=1S/C26H38N4O5S/c1-17-12-20(34-5)13-18(2)25(17)36(32,33)16-24-29-28-23(35-24)14-22(31)27-21-9-8-19(15-26(21,3)4)30-10-6-7-11-30/h12-13,19,21H,6-11,14-16H2,1-5H3,(H,27,31). The molecule has 1 aliphatic carbocycles. The van der Waals surface area contributed by atoms with Crippen LogP contribution in [0.3, 0.4) is 0 Å². The lowest BCUT2D eigenvalue weighted by molar-refractivity contribution is -0.122. The smallest absolute Gasteiger partial charge is 0.231 e. The Balaban J connectivity index is 1.36. The molecule has 1 N–H and O–H groups in total. The second-order valence-corrected chi connectivity index (χ2v) is 12.8. The van der Waals surface area contributed by atoms with Crippen molar-refractivity contribution in [1.82, 2.24) is 20.4 Å². The molecule has 9 nitrogen and oxygen atoms in total. The number of hydrogen-bond donors (Lipinski definition) is 1. The van der Waals surface area contributed by atoms with Gasteiger partial charge in [-0.05, 0) is 87.7 Å². The molecule has 2 unspecified atom stereocenters. The Morgan fingerprint density at radius 2 is 1.78 bits per heavy atom. The summed E-state index contributed by atoms with van der Waals surface area (Å²) in [4.78, 5) is 15.6. The Hall–Kier alpha value is -2.46. The summed E-state index contributed by atoms with van der Waals surface area (Å²) in [5, 5.41) is 11.0. The van der Waals surface area contributed by atoms with Gasteiger partial charge in [-0.1, -0.05) is 13.8 Å². The average Bonchev–Trinajstić information content (AvgIpc) is 3.46. The number of aromatic nitrogens is 2. The van der Waals surface area contributed by atoms with E-state index in [1.807, 2.05) is 0 Å². The summed E-state index contributed by atoms with van der Waals surface area (Å²) in [5.41, 5.74) is 1.17. The van der Waals surface area contributed by atoms with Crippen molar-refractivity contribution in [3.05, 3.63) is 35.0 Å². The second kappa shape index (κ2) is 10.5. The van der Waals surface area contributed by atoms with Crippen LogP contribution in [0.25, 0.3) is 0 Å². The summed E-state index contributed by atoms with van der Waals surface area (Å²) in [7, 11) is -2.18. The van der Waals surface area contributed by atoms with E-state index in [2.05, 4.69) is 34.3 Å². The van der Waals surface area contributed by atoms with Crippen LogP contribution in [0.1, 0.15) is 68.9 Å². The topological polar surface area (TPSA) is 115 Å². The number of likely N-dealkylation sites (tertiary alicyclic amines) is 1. The summed E-state index contributed by atoms with van der Waals surface area (Å²) in [6.45, 7) is 10.3. The van der Waals surface area contributed by atoms with Gasteiger partial charge in [-0.25, -0.2) is 8.42 Å². The van der Waals surface area contributed by atoms with Gasteiger partial charge in [0.25, 0.3) is 0 Å². The van der Waals surface area contributed by atoms with Gasteiger partial charge < -0.3 is 19.4 Å². The molecule has 36 heavy (non-hydrogen) atoms. The highest BCUT2D eigenvalue weighted by Gasteiger charge is 2.40. The van der Waals surface area contributed by atoms with Gasteiger partial charge in [0.1, 0.15) is 17.9 Å². The fraction of sp³-hybridized carbons (Fsp3) is 0.654. The molecule has 198 valence electrons. The zero-order valence-corrected chi connectivity index (χ0v) is 22.8. The van der Waals surface area contributed by atoms with Gasteiger partial charge in [0.15, 0.2) is 9.84 Å². The largest absolute Gasteiger partial charge is 0.497 e. The first-order valence-electron chi connectivity index (χ1n) is 12.7. The van der Waals surface area contributed by atoms with E-state index in [0.29, 0.717) is 22.9 Å². The van der Waals surface area contributed by atoms with Gasteiger partial charge in [-0.15, -0.1) is 10.2 Å². The van der Waals surface area contributed by atoms with Crippen molar-refractivity contribution in [3.63, 3.8) is 0 Å². The first kappa shape index (κ1) is 26.6. The third-order valence-corrected chi connectivity index (χ3v) is 9.49. The Morgan fingerprint density at radius 1 is 1.14 bits per heavy atom. The van der Waals surface area contributed by atoms with Gasteiger partial charge in [-0.2, -0.15) is 0 Å². The Kier molecular flexibility index (Phi) is 7.75. The van der Waals surface area contributed by atoms with E-state index >= 15 is 0 Å². The second-order valence-electron chi connectivity index (χ2n) is 10.9. The van der Waals surface area contributed by atoms with Crippen LogP contribution in [-0.4, -0.2) is 61.7 Å². The fourth-order valence-corrected chi connectivity index (χ4v) is 7.53. The van der Waals surface area contributed by atoms with E-state index in [0.717, 1.165) is 19.3 Å². The monoisotopic (exact) mass is 518 g/mol. The molecule has 1 saturated heterocycles. The molecule has 10 heteroatoms. The normalized spacial score (nSPS) is 22.5. The molecule has 1 saturated carbocycles. The number of sulfone groups is 1. The maximum absolute atomic E-state index is 13.1. The molecule has 4 rings (SSSR count). The van der Waals surface area contributed by atoms with E-state index in [-0.39, 0.29) is 40.5 Å². The number of aryl methyl sites for hydroxylation is 2. The summed E-state index contributed by atoms with van der Waals surface area (Å²) < 4.78 is 36.9. The SMILES string of the molecule is COc1cc(C)c(S(=O)(=O)Cc2nnc(CC(=O)NC3CCC(N4CCCC4)CC3(C)C)o2)c(C)c1. The molecular weight excluding hydrogens is 480 g/mol. The van der Waals surface area contributed by atoms with Crippen molar-refractivity contribution < 1.29 is 22.4 Å². The number of nitrogens with one attached hydrogen (secondary N) is 1. The van der Waals surface area contributed by atoms with Crippen molar-refractivity contribution >= 4 is 15.7 Å². The van der Waals surface area contributed by atoms with E-state index in [4.69, 9.17) is 9.15 Å². The lowest BCUT2D eigenvalue weighted by Crippen LogP contribution is -2.52. The number of ether oxygens (including phenoxy) is 1. The predicted molar refractivity (Wildman–Crippen MR) is 136 cm³/mol. The van der Waals surface area contributed by atoms with Gasteiger partial charge in [-0.3, -0.25) is 4.79 Å². The Labute approximate surface area is 213 Å². The maximum atomic E-state index is 13.1. The minimum absolute atomic E-state index is 0.0106. The van der Waals surface area contributed by atoms with E-state index in [9.17, 15) is 13.2 Å². The molecule has 2 aromatic rings. The lowest BCUT2D eigenvalue weighted by Gasteiger charge is -2.45. The number of carbonyl (C=O) groups is 1. The fourth-order valence-electron chi connectivity index (χ4n) is 5.84. The molecule has 1 aromatic heterocycles. The molecule has 2 aliphatic rings. The third kappa shape index (κ3) is 5.91. The third-order valence-electron chi connectivity index (χ3n) is 7.60. The number of methoxy groups -OCH3 is 1. The molecule has 0 bridgehead atoms. The first-order chi connectivity index (χ1) is 17.0. The van der Waals surface area contributed by atoms with Crippen molar-refractivity contribution in [3.8, 4) is 5.75 Å². The first-order valence-corrected chi connectivity index (χ1v) is 14.4. The van der Waals surface area contributed by atoms with Gasteiger partial charge in [0.05, 0.1) is 12.0 Å². The molecule has 1 amide bonds. The van der Waals surface area contributed by atoms with E-state index in [1.165, 1.54) is 25.9 Å². The summed E-state index contributed by atoms with van der Waals surface area (Å²) in [5.74, 6) is 0.0713. The molecular formula is C26H38N4O5S. The van der Waals surface area contributed by atoms with Crippen LogP contribution >= 0.6 is 0 Å². The molecule has 2 heterocycles. The molecule has 0 radical (unpaired) electrons. The predicted octanol–water partition coefficient (Wildman–Crippen LogP) is 3.37. The summed E-state index contributed by atoms with van der Waals surface area (Å²) in [6, 6.07) is 4.04. The van der Waals surface area contributed by atoms with Crippen molar-refractivity contribution in [2.75, 3.05) is 20.2 Å². The van der Waals surface area contributed by atoms with Crippen molar-refractivity contribution in [1.29, 1.82) is 0 Å². The van der Waals surface area contributed by atoms with Crippen LogP contribution in [0.4, 0.5) is 0 Å². The Morgan fingerprint density at radius 3 is 2.39 bits per heavy atom. The zero-order valence-electron chi connectivity index (χ0n) is 22.0. The van der Waals surface area contributed by atoms with Crippen LogP contribution in [0, 0.1) is 19.3 Å². The number of benzene rings is 1. The minimum Gasteiger partial charge on any atom is -0.497 e. The highest BCUT2D eigenvalue weighted by molar-refractivity contribution is 7.90. The molecule has 1 aliphatic heterocycles. The maximum Gasteiger partial charge on any atom is 0.231 e. The lowest BCUT2D eigenvalue weighted by atomic mass is 9.70. The number of carbonyl (C=O) groups excluding carboxylic acids is 1. The quantitative estimate of drug-likeness (QED) is 0.566. The van der Waals surface area contributed by atoms with Crippen LogP contribution in [0.15, 0.2) is 21.4 Å². The number of amides is 1. The van der Waals surface area contributed by atoms with Crippen LogP contribution < -0.4 is 10.1 Å². The molecule has 0 spiro atoms. The highest BCUT2D eigenvalue weighted by atomic mass is 32.2. The number of rotatable bonds is 8. The van der Waals surface area contributed by atoms with Gasteiger partial charge in [0, 0.05) is 12.1 Å². The van der Waals surface area contributed by atoms with Gasteiger partial charge >= 0.3 is 0 Å².